The minimum Gasteiger partial charge on any atom is -0.369 e. The Kier molecular flexibility index (Phi) is 4.24. The molecule has 0 amide bonds. The van der Waals surface area contributed by atoms with E-state index < -0.39 is 0 Å². The van der Waals surface area contributed by atoms with E-state index in [1.807, 2.05) is 26.8 Å². The minimum atomic E-state index is -0.327. The number of anilines is 1. The number of benzene rings is 1. The monoisotopic (exact) mass is 332 g/mol. The second kappa shape index (κ2) is 5.76. The highest BCUT2D eigenvalue weighted by molar-refractivity contribution is 9.10. The number of nitrogens with zero attached hydrogens (tertiary/aromatic N) is 3. The van der Waals surface area contributed by atoms with E-state index in [4.69, 9.17) is 5.26 Å². The maximum absolute atomic E-state index is 9.03. The van der Waals surface area contributed by atoms with Crippen LogP contribution in [0.25, 0.3) is 10.9 Å². The molecule has 0 fully saturated rings. The van der Waals surface area contributed by atoms with Gasteiger partial charge in [0.25, 0.3) is 0 Å². The predicted octanol–water partition coefficient (Wildman–Crippen LogP) is 4.05. The molecule has 1 aromatic carbocycles. The van der Waals surface area contributed by atoms with Gasteiger partial charge in [-0.1, -0.05) is 0 Å². The summed E-state index contributed by atoms with van der Waals surface area (Å²) in [7, 11) is 0. The van der Waals surface area contributed by atoms with Gasteiger partial charge in [0.05, 0.1) is 17.0 Å². The second-order valence-electron chi connectivity index (χ2n) is 5.54. The Balaban J connectivity index is 2.25. The first-order chi connectivity index (χ1) is 9.43. The number of nitriles is 1. The first-order valence-corrected chi connectivity index (χ1v) is 7.28. The zero-order valence-corrected chi connectivity index (χ0v) is 13.5. The van der Waals surface area contributed by atoms with Crippen LogP contribution in [-0.2, 0) is 0 Å². The highest BCUT2D eigenvalue weighted by Crippen LogP contribution is 2.28. The number of nitrogens with one attached hydrogen (secondary N) is 1. The van der Waals surface area contributed by atoms with Crippen LogP contribution in [0.15, 0.2) is 22.9 Å². The largest absolute Gasteiger partial charge is 0.369 e. The van der Waals surface area contributed by atoms with Crippen molar-refractivity contribution in [1.82, 2.24) is 9.97 Å². The van der Waals surface area contributed by atoms with Gasteiger partial charge in [-0.3, -0.25) is 0 Å². The number of aryl methyl sites for hydroxylation is 1. The van der Waals surface area contributed by atoms with Crippen molar-refractivity contribution in [2.75, 3.05) is 11.9 Å². The summed E-state index contributed by atoms with van der Waals surface area (Å²) in [6.07, 6.45) is 2.32. The lowest BCUT2D eigenvalue weighted by atomic mass is 9.91. The zero-order valence-electron chi connectivity index (χ0n) is 11.9. The van der Waals surface area contributed by atoms with Gasteiger partial charge < -0.3 is 5.32 Å². The molecule has 0 unspecified atom stereocenters. The molecule has 1 N–H and O–H groups in total. The summed E-state index contributed by atoms with van der Waals surface area (Å²) >= 11 is 3.53. The molecule has 104 valence electrons. The molecule has 4 nitrogen and oxygen atoms in total. The van der Waals surface area contributed by atoms with Gasteiger partial charge in [0, 0.05) is 16.4 Å². The Labute approximate surface area is 127 Å². The normalized spacial score (nSPS) is 11.3. The first-order valence-electron chi connectivity index (χ1n) is 6.49. The van der Waals surface area contributed by atoms with Gasteiger partial charge in [-0.2, -0.15) is 5.26 Å². The van der Waals surface area contributed by atoms with Crippen LogP contribution >= 0.6 is 15.9 Å². The minimum absolute atomic E-state index is 0.327. The summed E-state index contributed by atoms with van der Waals surface area (Å²) in [5.74, 6) is 0.813. The Morgan fingerprint density at radius 1 is 1.35 bits per heavy atom. The van der Waals surface area contributed by atoms with Gasteiger partial charge in [0.1, 0.15) is 12.1 Å². The standard InChI is InChI=1S/C15H17BrN4/c1-10-6-11-13(12(16)7-10)19-9-20-14(11)18-5-4-15(2,3)8-17/h6-7,9H,4-5H2,1-3H3,(H,18,19,20). The lowest BCUT2D eigenvalue weighted by molar-refractivity contribution is 0.466. The van der Waals surface area contributed by atoms with Gasteiger partial charge in [-0.15, -0.1) is 0 Å². The SMILES string of the molecule is Cc1cc(Br)c2ncnc(NCCC(C)(C)C#N)c2c1. The maximum atomic E-state index is 9.03. The molecule has 0 saturated heterocycles. The van der Waals surface area contributed by atoms with Crippen molar-refractivity contribution in [2.24, 2.45) is 5.41 Å². The molecule has 1 heterocycles. The topological polar surface area (TPSA) is 61.6 Å². The fourth-order valence-electron chi connectivity index (χ4n) is 1.95. The molecule has 0 bridgehead atoms. The van der Waals surface area contributed by atoms with Crippen molar-refractivity contribution in [3.63, 3.8) is 0 Å². The highest BCUT2D eigenvalue weighted by atomic mass is 79.9. The fourth-order valence-corrected chi connectivity index (χ4v) is 2.63. The molecule has 0 atom stereocenters. The Bertz CT molecular complexity index is 673. The van der Waals surface area contributed by atoms with Crippen molar-refractivity contribution in [3.05, 3.63) is 28.5 Å². The van der Waals surface area contributed by atoms with Crippen LogP contribution in [0, 0.1) is 23.7 Å². The van der Waals surface area contributed by atoms with Crippen molar-refractivity contribution in [1.29, 1.82) is 5.26 Å². The first kappa shape index (κ1) is 14.7. The molecule has 2 aromatic rings. The molecule has 0 aliphatic carbocycles. The zero-order chi connectivity index (χ0) is 14.8. The van der Waals surface area contributed by atoms with Crippen LogP contribution in [0.4, 0.5) is 5.82 Å². The van der Waals surface area contributed by atoms with E-state index in [9.17, 15) is 0 Å². The van der Waals surface area contributed by atoms with Gasteiger partial charge in [-0.25, -0.2) is 9.97 Å². The molecule has 20 heavy (non-hydrogen) atoms. The lowest BCUT2D eigenvalue weighted by Gasteiger charge is -2.16. The lowest BCUT2D eigenvalue weighted by Crippen LogP contribution is -2.15. The molecule has 1 aromatic heterocycles. The van der Waals surface area contributed by atoms with E-state index >= 15 is 0 Å². The van der Waals surface area contributed by atoms with Crippen molar-refractivity contribution in [2.45, 2.75) is 27.2 Å². The molecule has 0 radical (unpaired) electrons. The molecule has 0 aliphatic rings. The van der Waals surface area contributed by atoms with Crippen LogP contribution in [0.3, 0.4) is 0 Å². The van der Waals surface area contributed by atoms with Crippen LogP contribution in [0.2, 0.25) is 0 Å². The van der Waals surface area contributed by atoms with Crippen molar-refractivity contribution < 1.29 is 0 Å². The summed E-state index contributed by atoms with van der Waals surface area (Å²) in [5.41, 5.74) is 1.72. The average Bonchev–Trinajstić information content (AvgIpc) is 2.39. The third-order valence-corrected chi connectivity index (χ3v) is 3.79. The number of hydrogen-bond donors (Lipinski definition) is 1. The Morgan fingerprint density at radius 3 is 2.80 bits per heavy atom. The quantitative estimate of drug-likeness (QED) is 0.917. The summed E-state index contributed by atoms with van der Waals surface area (Å²) in [5, 5.41) is 13.3. The van der Waals surface area contributed by atoms with Crippen molar-refractivity contribution >= 4 is 32.7 Å². The van der Waals surface area contributed by atoms with E-state index in [1.165, 1.54) is 0 Å². The Morgan fingerprint density at radius 2 is 2.10 bits per heavy atom. The van der Waals surface area contributed by atoms with Gasteiger partial charge >= 0.3 is 0 Å². The van der Waals surface area contributed by atoms with Gasteiger partial charge in [0.2, 0.25) is 0 Å². The van der Waals surface area contributed by atoms with Crippen LogP contribution in [0.5, 0.6) is 0 Å². The van der Waals surface area contributed by atoms with Crippen LogP contribution in [0.1, 0.15) is 25.8 Å². The summed E-state index contributed by atoms with van der Waals surface area (Å²) in [6, 6.07) is 6.41. The number of rotatable bonds is 4. The smallest absolute Gasteiger partial charge is 0.137 e. The second-order valence-corrected chi connectivity index (χ2v) is 6.39. The molecule has 2 rings (SSSR count). The van der Waals surface area contributed by atoms with E-state index in [0.717, 1.165) is 33.2 Å². The fraction of sp³-hybridized carbons (Fsp3) is 0.400. The van der Waals surface area contributed by atoms with E-state index in [1.54, 1.807) is 6.33 Å². The summed E-state index contributed by atoms with van der Waals surface area (Å²) in [6.45, 7) is 6.62. The third-order valence-electron chi connectivity index (χ3n) is 3.18. The number of halogens is 1. The molecule has 0 spiro atoms. The number of hydrogen-bond acceptors (Lipinski definition) is 4. The molecular formula is C15H17BrN4. The van der Waals surface area contributed by atoms with Crippen molar-refractivity contribution in [3.8, 4) is 6.07 Å². The predicted molar refractivity (Wildman–Crippen MR) is 84.5 cm³/mol. The number of aromatic nitrogens is 2. The summed E-state index contributed by atoms with van der Waals surface area (Å²) in [4.78, 5) is 8.61. The molecule has 0 aliphatic heterocycles. The molecular weight excluding hydrogens is 316 g/mol. The average molecular weight is 333 g/mol. The molecule has 0 saturated carbocycles. The van der Waals surface area contributed by atoms with Crippen LogP contribution < -0.4 is 5.32 Å². The Hall–Kier alpha value is -1.67. The summed E-state index contributed by atoms with van der Waals surface area (Å²) < 4.78 is 0.968. The third kappa shape index (κ3) is 3.26. The van der Waals surface area contributed by atoms with Gasteiger partial charge in [-0.05, 0) is 60.8 Å². The maximum Gasteiger partial charge on any atom is 0.137 e. The van der Waals surface area contributed by atoms with Gasteiger partial charge in [0.15, 0.2) is 0 Å². The van der Waals surface area contributed by atoms with E-state index in [-0.39, 0.29) is 5.41 Å². The van der Waals surface area contributed by atoms with E-state index in [0.29, 0.717) is 6.54 Å². The molecule has 5 heteroatoms. The number of fused-ring (bicyclic) bond motifs is 1. The highest BCUT2D eigenvalue weighted by Gasteiger charge is 2.16. The van der Waals surface area contributed by atoms with Crippen LogP contribution in [-0.4, -0.2) is 16.5 Å². The van der Waals surface area contributed by atoms with E-state index in [2.05, 4.69) is 43.4 Å².